The van der Waals surface area contributed by atoms with Crippen molar-refractivity contribution in [1.29, 1.82) is 0 Å². The average Bonchev–Trinajstić information content (AvgIpc) is 2.63. The highest BCUT2D eigenvalue weighted by Gasteiger charge is 2.12. The predicted molar refractivity (Wildman–Crippen MR) is 62.0 cm³/mol. The van der Waals surface area contributed by atoms with Gasteiger partial charge in [0.05, 0.1) is 5.69 Å². The third-order valence-electron chi connectivity index (χ3n) is 2.14. The van der Waals surface area contributed by atoms with Crippen LogP contribution in [0.25, 0.3) is 0 Å². The second-order valence-electron chi connectivity index (χ2n) is 4.08. The lowest BCUT2D eigenvalue weighted by atomic mass is 10.2. The number of nitrogens with one attached hydrogen (secondary N) is 1. The van der Waals surface area contributed by atoms with Crippen molar-refractivity contribution in [2.24, 2.45) is 5.92 Å². The van der Waals surface area contributed by atoms with Crippen LogP contribution in [-0.2, 0) is 6.54 Å². The van der Waals surface area contributed by atoms with Crippen molar-refractivity contribution in [3.8, 4) is 0 Å². The van der Waals surface area contributed by atoms with E-state index in [2.05, 4.69) is 36.0 Å². The second kappa shape index (κ2) is 5.75. The van der Waals surface area contributed by atoms with Gasteiger partial charge in [0.1, 0.15) is 6.26 Å². The van der Waals surface area contributed by atoms with Crippen LogP contribution in [0.3, 0.4) is 0 Å². The Hall–Kier alpha value is -1.03. The molecule has 0 spiro atoms. The Bertz CT molecular complexity index is 283. The summed E-state index contributed by atoms with van der Waals surface area (Å²) >= 11 is 0. The standard InChI is InChI=1S/C11H21N3O/c1-5-14(7-9(2)3)11-13-10(6-12-4)8-15-11/h8-9,12H,5-7H2,1-4H3. The van der Waals surface area contributed by atoms with E-state index in [-0.39, 0.29) is 0 Å². The van der Waals surface area contributed by atoms with Gasteiger partial charge in [-0.05, 0) is 19.9 Å². The summed E-state index contributed by atoms with van der Waals surface area (Å²) in [7, 11) is 1.90. The first kappa shape index (κ1) is 12.0. The van der Waals surface area contributed by atoms with Crippen molar-refractivity contribution in [2.75, 3.05) is 25.0 Å². The van der Waals surface area contributed by atoms with E-state index in [4.69, 9.17) is 4.42 Å². The van der Waals surface area contributed by atoms with Gasteiger partial charge >= 0.3 is 0 Å². The third kappa shape index (κ3) is 3.55. The van der Waals surface area contributed by atoms with Gasteiger partial charge in [-0.2, -0.15) is 4.98 Å². The molecule has 4 nitrogen and oxygen atoms in total. The van der Waals surface area contributed by atoms with Crippen LogP contribution < -0.4 is 10.2 Å². The topological polar surface area (TPSA) is 41.3 Å². The van der Waals surface area contributed by atoms with Crippen LogP contribution in [0.15, 0.2) is 10.7 Å². The number of nitrogens with zero attached hydrogens (tertiary/aromatic N) is 2. The van der Waals surface area contributed by atoms with Gasteiger partial charge in [-0.1, -0.05) is 13.8 Å². The van der Waals surface area contributed by atoms with Crippen LogP contribution in [0.5, 0.6) is 0 Å². The molecule has 0 aliphatic heterocycles. The number of rotatable bonds is 6. The van der Waals surface area contributed by atoms with Crippen LogP contribution in [-0.4, -0.2) is 25.1 Å². The SMILES string of the molecule is CCN(CC(C)C)c1nc(CNC)co1. The van der Waals surface area contributed by atoms with Gasteiger partial charge in [0.25, 0.3) is 6.01 Å². The Morgan fingerprint density at radius 1 is 1.53 bits per heavy atom. The van der Waals surface area contributed by atoms with Crippen molar-refractivity contribution in [3.05, 3.63) is 12.0 Å². The molecular weight excluding hydrogens is 190 g/mol. The first-order chi connectivity index (χ1) is 7.17. The Morgan fingerprint density at radius 2 is 2.27 bits per heavy atom. The van der Waals surface area contributed by atoms with E-state index in [0.717, 1.165) is 31.3 Å². The lowest BCUT2D eigenvalue weighted by Crippen LogP contribution is -2.27. The Morgan fingerprint density at radius 3 is 2.80 bits per heavy atom. The molecule has 0 atom stereocenters. The van der Waals surface area contributed by atoms with Crippen LogP contribution in [0.4, 0.5) is 6.01 Å². The van der Waals surface area contributed by atoms with E-state index in [0.29, 0.717) is 5.92 Å². The fourth-order valence-corrected chi connectivity index (χ4v) is 1.49. The number of hydrogen-bond acceptors (Lipinski definition) is 4. The van der Waals surface area contributed by atoms with Crippen LogP contribution >= 0.6 is 0 Å². The number of hydrogen-bond donors (Lipinski definition) is 1. The van der Waals surface area contributed by atoms with Crippen molar-refractivity contribution < 1.29 is 4.42 Å². The molecule has 0 amide bonds. The highest BCUT2D eigenvalue weighted by molar-refractivity contribution is 5.26. The third-order valence-corrected chi connectivity index (χ3v) is 2.14. The highest BCUT2D eigenvalue weighted by Crippen LogP contribution is 2.14. The number of oxazole rings is 1. The van der Waals surface area contributed by atoms with Gasteiger partial charge in [0.15, 0.2) is 0 Å². The molecule has 1 aromatic rings. The first-order valence-electron chi connectivity index (χ1n) is 5.51. The predicted octanol–water partition coefficient (Wildman–Crippen LogP) is 1.88. The maximum absolute atomic E-state index is 5.45. The minimum Gasteiger partial charge on any atom is -0.432 e. The van der Waals surface area contributed by atoms with Crippen LogP contribution in [0.2, 0.25) is 0 Å². The van der Waals surface area contributed by atoms with E-state index in [1.165, 1.54) is 0 Å². The summed E-state index contributed by atoms with van der Waals surface area (Å²) < 4.78 is 5.45. The number of anilines is 1. The van der Waals surface area contributed by atoms with Crippen molar-refractivity contribution >= 4 is 6.01 Å². The lowest BCUT2D eigenvalue weighted by Gasteiger charge is -2.20. The molecule has 0 bridgehead atoms. The van der Waals surface area contributed by atoms with Crippen LogP contribution in [0.1, 0.15) is 26.5 Å². The van der Waals surface area contributed by atoms with Crippen molar-refractivity contribution in [3.63, 3.8) is 0 Å². The molecule has 0 saturated carbocycles. The minimum atomic E-state index is 0.615. The lowest BCUT2D eigenvalue weighted by molar-refractivity contribution is 0.511. The highest BCUT2D eigenvalue weighted by atomic mass is 16.4. The summed E-state index contributed by atoms with van der Waals surface area (Å²) in [6.07, 6.45) is 1.72. The summed E-state index contributed by atoms with van der Waals surface area (Å²) in [6.45, 7) is 9.17. The molecule has 15 heavy (non-hydrogen) atoms. The van der Waals surface area contributed by atoms with E-state index in [1.54, 1.807) is 6.26 Å². The normalized spacial score (nSPS) is 11.0. The van der Waals surface area contributed by atoms with Gasteiger partial charge in [0, 0.05) is 19.6 Å². The monoisotopic (exact) mass is 211 g/mol. The number of aromatic nitrogens is 1. The zero-order chi connectivity index (χ0) is 11.3. The molecular formula is C11H21N3O. The molecule has 0 aromatic carbocycles. The molecule has 0 unspecified atom stereocenters. The van der Waals surface area contributed by atoms with E-state index < -0.39 is 0 Å². The maximum Gasteiger partial charge on any atom is 0.297 e. The Kier molecular flexibility index (Phi) is 4.62. The van der Waals surface area contributed by atoms with Gasteiger partial charge in [-0.3, -0.25) is 0 Å². The Labute approximate surface area is 91.7 Å². The molecule has 0 fully saturated rings. The summed E-state index contributed by atoms with van der Waals surface area (Å²) in [5.41, 5.74) is 0.953. The smallest absolute Gasteiger partial charge is 0.297 e. The minimum absolute atomic E-state index is 0.615. The zero-order valence-corrected chi connectivity index (χ0v) is 10.1. The summed E-state index contributed by atoms with van der Waals surface area (Å²) in [4.78, 5) is 6.58. The molecule has 1 heterocycles. The van der Waals surface area contributed by atoms with Gasteiger partial charge < -0.3 is 14.6 Å². The molecule has 1 aromatic heterocycles. The van der Waals surface area contributed by atoms with E-state index >= 15 is 0 Å². The van der Waals surface area contributed by atoms with Gasteiger partial charge in [-0.25, -0.2) is 0 Å². The molecule has 1 N–H and O–H groups in total. The second-order valence-corrected chi connectivity index (χ2v) is 4.08. The molecule has 4 heteroatoms. The van der Waals surface area contributed by atoms with Crippen molar-refractivity contribution in [2.45, 2.75) is 27.3 Å². The summed E-state index contributed by atoms with van der Waals surface area (Å²) in [5, 5.41) is 3.05. The molecule has 86 valence electrons. The van der Waals surface area contributed by atoms with Crippen molar-refractivity contribution in [1.82, 2.24) is 10.3 Å². The molecule has 0 aliphatic rings. The van der Waals surface area contributed by atoms with E-state index in [1.807, 2.05) is 7.05 Å². The first-order valence-corrected chi connectivity index (χ1v) is 5.51. The molecule has 0 radical (unpaired) electrons. The quantitative estimate of drug-likeness (QED) is 0.780. The van der Waals surface area contributed by atoms with Gasteiger partial charge in [-0.15, -0.1) is 0 Å². The summed E-state index contributed by atoms with van der Waals surface area (Å²) in [5.74, 6) is 0.615. The van der Waals surface area contributed by atoms with Gasteiger partial charge in [0.2, 0.25) is 0 Å². The van der Waals surface area contributed by atoms with Crippen LogP contribution in [0, 0.1) is 5.92 Å². The molecule has 0 saturated heterocycles. The largest absolute Gasteiger partial charge is 0.432 e. The molecule has 0 aliphatic carbocycles. The zero-order valence-electron chi connectivity index (χ0n) is 10.1. The Balaban J connectivity index is 2.65. The summed E-state index contributed by atoms with van der Waals surface area (Å²) in [6, 6.07) is 0.733. The maximum atomic E-state index is 5.45. The average molecular weight is 211 g/mol. The fourth-order valence-electron chi connectivity index (χ4n) is 1.49. The fraction of sp³-hybridized carbons (Fsp3) is 0.727. The molecule has 1 rings (SSSR count). The van der Waals surface area contributed by atoms with E-state index in [9.17, 15) is 0 Å².